The standard InChI is InChI=1S/C15H18N2OS/c1-9(2)6-10-7-13(15(16)19)12-8-11(18-3)4-5-14(12)17-10/h4-5,7-9H,6H2,1-3H3,(H2,16,19). The van der Waals surface area contributed by atoms with Crippen molar-refractivity contribution in [1.29, 1.82) is 0 Å². The number of hydrogen-bond acceptors (Lipinski definition) is 3. The van der Waals surface area contributed by atoms with E-state index in [4.69, 9.17) is 22.7 Å². The molecule has 0 atom stereocenters. The average Bonchev–Trinajstić information content (AvgIpc) is 2.36. The smallest absolute Gasteiger partial charge is 0.119 e. The highest BCUT2D eigenvalue weighted by Gasteiger charge is 2.10. The lowest BCUT2D eigenvalue weighted by Crippen LogP contribution is -2.12. The van der Waals surface area contributed by atoms with Crippen LogP contribution in [0.25, 0.3) is 10.9 Å². The Labute approximate surface area is 118 Å². The lowest BCUT2D eigenvalue weighted by atomic mass is 10.0. The quantitative estimate of drug-likeness (QED) is 0.870. The molecule has 0 radical (unpaired) electrons. The van der Waals surface area contributed by atoms with E-state index >= 15 is 0 Å². The molecule has 0 bridgehead atoms. The number of thiocarbonyl (C=S) groups is 1. The van der Waals surface area contributed by atoms with E-state index in [0.29, 0.717) is 10.9 Å². The van der Waals surface area contributed by atoms with Crippen LogP contribution in [-0.4, -0.2) is 17.1 Å². The summed E-state index contributed by atoms with van der Waals surface area (Å²) in [6.45, 7) is 4.33. The van der Waals surface area contributed by atoms with Crippen molar-refractivity contribution in [2.45, 2.75) is 20.3 Å². The van der Waals surface area contributed by atoms with Gasteiger partial charge in [0.2, 0.25) is 0 Å². The topological polar surface area (TPSA) is 48.1 Å². The molecule has 0 amide bonds. The third-order valence-electron chi connectivity index (χ3n) is 2.95. The van der Waals surface area contributed by atoms with Crippen molar-refractivity contribution in [1.82, 2.24) is 4.98 Å². The van der Waals surface area contributed by atoms with Crippen molar-refractivity contribution in [3.63, 3.8) is 0 Å². The van der Waals surface area contributed by atoms with Gasteiger partial charge in [-0.2, -0.15) is 0 Å². The van der Waals surface area contributed by atoms with Crippen molar-refractivity contribution in [2.24, 2.45) is 11.7 Å². The molecule has 0 spiro atoms. The summed E-state index contributed by atoms with van der Waals surface area (Å²) in [5.74, 6) is 1.32. The zero-order chi connectivity index (χ0) is 14.0. The van der Waals surface area contributed by atoms with Gasteiger partial charge in [-0.15, -0.1) is 0 Å². The fraction of sp³-hybridized carbons (Fsp3) is 0.333. The van der Waals surface area contributed by atoms with Crippen LogP contribution in [-0.2, 0) is 6.42 Å². The number of rotatable bonds is 4. The van der Waals surface area contributed by atoms with Gasteiger partial charge in [0.05, 0.1) is 12.6 Å². The van der Waals surface area contributed by atoms with E-state index in [9.17, 15) is 0 Å². The van der Waals surface area contributed by atoms with Gasteiger partial charge in [0.15, 0.2) is 0 Å². The zero-order valence-electron chi connectivity index (χ0n) is 11.4. The van der Waals surface area contributed by atoms with Crippen LogP contribution >= 0.6 is 12.2 Å². The highest BCUT2D eigenvalue weighted by molar-refractivity contribution is 7.80. The number of benzene rings is 1. The van der Waals surface area contributed by atoms with Crippen molar-refractivity contribution >= 4 is 28.1 Å². The molecule has 100 valence electrons. The lowest BCUT2D eigenvalue weighted by molar-refractivity contribution is 0.415. The maximum atomic E-state index is 5.83. The average molecular weight is 274 g/mol. The molecule has 0 aliphatic rings. The van der Waals surface area contributed by atoms with Crippen LogP contribution in [0.3, 0.4) is 0 Å². The van der Waals surface area contributed by atoms with Gasteiger partial charge in [0.1, 0.15) is 10.7 Å². The van der Waals surface area contributed by atoms with Crippen LogP contribution in [0, 0.1) is 5.92 Å². The molecule has 3 nitrogen and oxygen atoms in total. The molecule has 1 aromatic heterocycles. The Kier molecular flexibility index (Phi) is 4.00. The number of methoxy groups -OCH3 is 1. The number of nitrogens with two attached hydrogens (primary N) is 1. The minimum atomic E-state index is 0.394. The van der Waals surface area contributed by atoms with Gasteiger partial charge in [-0.3, -0.25) is 4.98 Å². The zero-order valence-corrected chi connectivity index (χ0v) is 12.3. The summed E-state index contributed by atoms with van der Waals surface area (Å²) in [7, 11) is 1.64. The van der Waals surface area contributed by atoms with Gasteiger partial charge in [0, 0.05) is 16.6 Å². The van der Waals surface area contributed by atoms with Gasteiger partial charge < -0.3 is 10.5 Å². The molecule has 1 aromatic carbocycles. The molecule has 2 rings (SSSR count). The molecule has 0 saturated carbocycles. The predicted octanol–water partition coefficient (Wildman–Crippen LogP) is 3.08. The Morgan fingerprint density at radius 2 is 2.11 bits per heavy atom. The van der Waals surface area contributed by atoms with Crippen LogP contribution < -0.4 is 10.5 Å². The summed E-state index contributed by atoms with van der Waals surface area (Å²) in [5.41, 5.74) is 8.63. The van der Waals surface area contributed by atoms with E-state index in [2.05, 4.69) is 18.8 Å². The van der Waals surface area contributed by atoms with Gasteiger partial charge in [-0.1, -0.05) is 26.1 Å². The summed E-state index contributed by atoms with van der Waals surface area (Å²) in [6, 6.07) is 7.76. The maximum Gasteiger partial charge on any atom is 0.119 e. The van der Waals surface area contributed by atoms with Gasteiger partial charge in [0.25, 0.3) is 0 Å². The number of aromatic nitrogens is 1. The minimum Gasteiger partial charge on any atom is -0.497 e. The minimum absolute atomic E-state index is 0.394. The first-order chi connectivity index (χ1) is 9.01. The fourth-order valence-corrected chi connectivity index (χ4v) is 2.28. The first-order valence-electron chi connectivity index (χ1n) is 6.28. The highest BCUT2D eigenvalue weighted by Crippen LogP contribution is 2.24. The number of hydrogen-bond donors (Lipinski definition) is 1. The van der Waals surface area contributed by atoms with E-state index in [-0.39, 0.29) is 0 Å². The second-order valence-corrected chi connectivity index (χ2v) is 5.45. The van der Waals surface area contributed by atoms with Crippen molar-refractivity contribution in [3.8, 4) is 5.75 Å². The van der Waals surface area contributed by atoms with Crippen LogP contribution in [0.4, 0.5) is 0 Å². The third kappa shape index (κ3) is 3.01. The second kappa shape index (κ2) is 5.53. The molecule has 19 heavy (non-hydrogen) atoms. The maximum absolute atomic E-state index is 5.83. The predicted molar refractivity (Wildman–Crippen MR) is 82.7 cm³/mol. The highest BCUT2D eigenvalue weighted by atomic mass is 32.1. The third-order valence-corrected chi connectivity index (χ3v) is 3.17. The monoisotopic (exact) mass is 274 g/mol. The van der Waals surface area contributed by atoms with Crippen LogP contribution in [0.15, 0.2) is 24.3 Å². The molecule has 4 heteroatoms. The molecule has 0 aliphatic carbocycles. The number of pyridine rings is 1. The second-order valence-electron chi connectivity index (χ2n) is 5.01. The Morgan fingerprint density at radius 3 is 2.68 bits per heavy atom. The van der Waals surface area contributed by atoms with Crippen LogP contribution in [0.5, 0.6) is 5.75 Å². The molecule has 0 aliphatic heterocycles. The van der Waals surface area contributed by atoms with E-state index in [1.54, 1.807) is 7.11 Å². The Hall–Kier alpha value is -1.68. The van der Waals surface area contributed by atoms with E-state index in [1.807, 2.05) is 24.3 Å². The molecule has 2 N–H and O–H groups in total. The largest absolute Gasteiger partial charge is 0.497 e. The molecule has 2 aromatic rings. The number of nitrogens with zero attached hydrogens (tertiary/aromatic N) is 1. The summed E-state index contributed by atoms with van der Waals surface area (Å²) in [6.07, 6.45) is 0.914. The van der Waals surface area contributed by atoms with Crippen LogP contribution in [0.2, 0.25) is 0 Å². The summed E-state index contributed by atoms with van der Waals surface area (Å²) in [5, 5.41) is 0.944. The van der Waals surface area contributed by atoms with Gasteiger partial charge in [-0.05, 0) is 36.6 Å². The molecule has 0 fully saturated rings. The normalized spacial score (nSPS) is 10.9. The molecule has 0 saturated heterocycles. The molecule has 1 heterocycles. The summed E-state index contributed by atoms with van der Waals surface area (Å²) < 4.78 is 5.24. The fourth-order valence-electron chi connectivity index (χ4n) is 2.11. The first kappa shape index (κ1) is 13.7. The van der Waals surface area contributed by atoms with Crippen molar-refractivity contribution in [2.75, 3.05) is 7.11 Å². The SMILES string of the molecule is COc1ccc2nc(CC(C)C)cc(C(N)=S)c2c1. The Balaban J connectivity index is 2.64. The van der Waals surface area contributed by atoms with Gasteiger partial charge >= 0.3 is 0 Å². The Bertz CT molecular complexity index is 623. The van der Waals surface area contributed by atoms with Crippen LogP contribution in [0.1, 0.15) is 25.1 Å². The molecular weight excluding hydrogens is 256 g/mol. The summed E-state index contributed by atoms with van der Waals surface area (Å²) >= 11 is 5.15. The summed E-state index contributed by atoms with van der Waals surface area (Å²) in [4.78, 5) is 5.06. The van der Waals surface area contributed by atoms with E-state index in [1.165, 1.54) is 0 Å². The molecular formula is C15H18N2OS. The van der Waals surface area contributed by atoms with Crippen molar-refractivity contribution < 1.29 is 4.74 Å². The lowest BCUT2D eigenvalue weighted by Gasteiger charge is -2.11. The first-order valence-corrected chi connectivity index (χ1v) is 6.69. The number of ether oxygens (including phenoxy) is 1. The number of fused-ring (bicyclic) bond motifs is 1. The van der Waals surface area contributed by atoms with E-state index in [0.717, 1.165) is 34.3 Å². The Morgan fingerprint density at radius 1 is 1.37 bits per heavy atom. The van der Waals surface area contributed by atoms with Crippen molar-refractivity contribution in [3.05, 3.63) is 35.5 Å². The van der Waals surface area contributed by atoms with Gasteiger partial charge in [-0.25, -0.2) is 0 Å². The van der Waals surface area contributed by atoms with E-state index < -0.39 is 0 Å². The molecule has 0 unspecified atom stereocenters.